The van der Waals surface area contributed by atoms with Crippen LogP contribution in [0.4, 0.5) is 0 Å². The van der Waals surface area contributed by atoms with Gasteiger partial charge in [0.2, 0.25) is 0 Å². The summed E-state index contributed by atoms with van der Waals surface area (Å²) in [6.07, 6.45) is 2.48. The van der Waals surface area contributed by atoms with E-state index in [-0.39, 0.29) is 0 Å². The molecule has 3 rings (SSSR count). The molecule has 102 valence electrons. The van der Waals surface area contributed by atoms with Crippen LogP contribution in [0.1, 0.15) is 44.2 Å². The third-order valence-corrected chi connectivity index (χ3v) is 4.86. The topological polar surface area (TPSA) is 30.7 Å². The summed E-state index contributed by atoms with van der Waals surface area (Å²) in [5, 5.41) is 0. The monoisotopic (exact) mass is 277 g/mol. The zero-order valence-corrected chi connectivity index (χ0v) is 12.5. The highest BCUT2D eigenvalue weighted by Crippen LogP contribution is 2.41. The largest absolute Gasteiger partial charge is 0.308 e. The number of pyridine rings is 1. The zero-order valence-electron chi connectivity index (χ0n) is 11.7. The van der Waals surface area contributed by atoms with Gasteiger partial charge in [-0.15, -0.1) is 11.6 Å². The Balaban J connectivity index is 2.18. The number of alkyl halides is 1. The minimum atomic E-state index is 0.451. The van der Waals surface area contributed by atoms with Gasteiger partial charge in [-0.05, 0) is 43.7 Å². The minimum Gasteiger partial charge on any atom is -0.308 e. The molecule has 3 unspecified atom stereocenters. The number of nitrogens with zero attached hydrogens (tertiary/aromatic N) is 3. The Morgan fingerprint density at radius 2 is 2.05 bits per heavy atom. The van der Waals surface area contributed by atoms with Gasteiger partial charge in [0, 0.05) is 11.7 Å². The number of fused-ring (bicyclic) bond motifs is 1. The van der Waals surface area contributed by atoms with Gasteiger partial charge in [-0.3, -0.25) is 0 Å². The summed E-state index contributed by atoms with van der Waals surface area (Å²) < 4.78 is 2.30. The van der Waals surface area contributed by atoms with Gasteiger partial charge in [0.25, 0.3) is 0 Å². The van der Waals surface area contributed by atoms with Crippen molar-refractivity contribution in [3.63, 3.8) is 0 Å². The lowest BCUT2D eigenvalue weighted by Gasteiger charge is -2.22. The highest BCUT2D eigenvalue weighted by molar-refractivity contribution is 6.16. The fourth-order valence-electron chi connectivity index (χ4n) is 3.26. The molecule has 3 nitrogen and oxygen atoms in total. The quantitative estimate of drug-likeness (QED) is 0.774. The van der Waals surface area contributed by atoms with Gasteiger partial charge in [0.15, 0.2) is 5.65 Å². The third-order valence-electron chi connectivity index (χ3n) is 4.62. The molecule has 0 bridgehead atoms. The highest BCUT2D eigenvalue weighted by Gasteiger charge is 2.33. The maximum atomic E-state index is 6.09. The molecule has 0 N–H and O–H groups in total. The first kappa shape index (κ1) is 12.9. The molecular weight excluding hydrogens is 258 g/mol. The van der Waals surface area contributed by atoms with Gasteiger partial charge in [-0.25, -0.2) is 9.97 Å². The van der Waals surface area contributed by atoms with Gasteiger partial charge < -0.3 is 4.57 Å². The molecule has 0 aliphatic heterocycles. The average Bonchev–Trinajstić information content (AvgIpc) is 2.91. The van der Waals surface area contributed by atoms with Crippen LogP contribution in [0.15, 0.2) is 12.1 Å². The van der Waals surface area contributed by atoms with E-state index < -0.39 is 0 Å². The molecule has 1 aliphatic carbocycles. The van der Waals surface area contributed by atoms with Crippen molar-refractivity contribution >= 4 is 22.8 Å². The number of hydrogen-bond acceptors (Lipinski definition) is 2. The molecule has 1 fully saturated rings. The van der Waals surface area contributed by atoms with Gasteiger partial charge >= 0.3 is 0 Å². The fraction of sp³-hybridized carbons (Fsp3) is 0.600. The van der Waals surface area contributed by atoms with Crippen LogP contribution in [0.3, 0.4) is 0 Å². The predicted molar refractivity (Wildman–Crippen MR) is 78.4 cm³/mol. The van der Waals surface area contributed by atoms with Crippen LogP contribution < -0.4 is 0 Å². The summed E-state index contributed by atoms with van der Waals surface area (Å²) in [6.45, 7) is 6.70. The molecule has 3 atom stereocenters. The average molecular weight is 278 g/mol. The number of aromatic nitrogens is 3. The first-order valence-corrected chi connectivity index (χ1v) is 7.55. The van der Waals surface area contributed by atoms with Crippen molar-refractivity contribution in [3.8, 4) is 0 Å². The van der Waals surface area contributed by atoms with Crippen LogP contribution in [0, 0.1) is 18.8 Å². The molecule has 0 amide bonds. The number of halogens is 1. The second-order valence-electron chi connectivity index (χ2n) is 5.81. The standard InChI is InChI=1S/C15H20ClN3/c1-9-4-7-13(11(9)3)19-14(8-16)18-12-6-5-10(2)17-15(12)19/h5-6,9,11,13H,4,7-8H2,1-3H3. The maximum absolute atomic E-state index is 6.09. The van der Waals surface area contributed by atoms with E-state index in [2.05, 4.69) is 23.4 Å². The zero-order chi connectivity index (χ0) is 13.6. The molecule has 1 aliphatic rings. The predicted octanol–water partition coefficient (Wildman–Crippen LogP) is 4.09. The van der Waals surface area contributed by atoms with E-state index in [4.69, 9.17) is 16.6 Å². The van der Waals surface area contributed by atoms with E-state index in [1.807, 2.05) is 19.1 Å². The Hall–Kier alpha value is -1.09. The molecule has 0 saturated heterocycles. The smallest absolute Gasteiger partial charge is 0.160 e. The summed E-state index contributed by atoms with van der Waals surface area (Å²) in [7, 11) is 0. The van der Waals surface area contributed by atoms with E-state index in [1.165, 1.54) is 12.8 Å². The van der Waals surface area contributed by atoms with Crippen molar-refractivity contribution < 1.29 is 0 Å². The number of rotatable bonds is 2. The molecule has 0 spiro atoms. The number of hydrogen-bond donors (Lipinski definition) is 0. The molecule has 0 aromatic carbocycles. The molecule has 19 heavy (non-hydrogen) atoms. The first-order valence-electron chi connectivity index (χ1n) is 7.02. The Morgan fingerprint density at radius 3 is 2.68 bits per heavy atom. The van der Waals surface area contributed by atoms with E-state index in [9.17, 15) is 0 Å². The summed E-state index contributed by atoms with van der Waals surface area (Å²) >= 11 is 6.09. The summed E-state index contributed by atoms with van der Waals surface area (Å²) in [5.41, 5.74) is 3.00. The molecule has 2 heterocycles. The van der Waals surface area contributed by atoms with Gasteiger partial charge in [0.1, 0.15) is 11.3 Å². The Bertz CT molecular complexity index is 605. The van der Waals surface area contributed by atoms with Gasteiger partial charge in [0.05, 0.1) is 5.88 Å². The van der Waals surface area contributed by atoms with Gasteiger partial charge in [-0.2, -0.15) is 0 Å². The first-order chi connectivity index (χ1) is 9.11. The Morgan fingerprint density at radius 1 is 1.26 bits per heavy atom. The summed E-state index contributed by atoms with van der Waals surface area (Å²) in [6, 6.07) is 4.55. The van der Waals surface area contributed by atoms with Crippen molar-refractivity contribution in [3.05, 3.63) is 23.7 Å². The second kappa shape index (κ2) is 4.78. The lowest BCUT2D eigenvalue weighted by Crippen LogP contribution is -2.17. The summed E-state index contributed by atoms with van der Waals surface area (Å²) in [5.74, 6) is 2.82. The SMILES string of the molecule is Cc1ccc2nc(CCl)n(C3CCC(C)C3C)c2n1. The maximum Gasteiger partial charge on any atom is 0.160 e. The fourth-order valence-corrected chi connectivity index (χ4v) is 3.45. The third kappa shape index (κ3) is 2.04. The normalized spacial score (nSPS) is 27.3. The molecule has 2 aromatic heterocycles. The van der Waals surface area contributed by atoms with E-state index in [0.29, 0.717) is 17.8 Å². The lowest BCUT2D eigenvalue weighted by atomic mass is 9.97. The van der Waals surface area contributed by atoms with Crippen LogP contribution in [0.2, 0.25) is 0 Å². The van der Waals surface area contributed by atoms with E-state index >= 15 is 0 Å². The van der Waals surface area contributed by atoms with Crippen molar-refractivity contribution in [2.75, 3.05) is 0 Å². The van der Waals surface area contributed by atoms with Crippen LogP contribution >= 0.6 is 11.6 Å². The van der Waals surface area contributed by atoms with E-state index in [1.54, 1.807) is 0 Å². The summed E-state index contributed by atoms with van der Waals surface area (Å²) in [4.78, 5) is 9.33. The van der Waals surface area contributed by atoms with Crippen molar-refractivity contribution in [2.24, 2.45) is 11.8 Å². The van der Waals surface area contributed by atoms with Crippen LogP contribution in [-0.4, -0.2) is 14.5 Å². The van der Waals surface area contributed by atoms with E-state index in [0.717, 1.165) is 28.6 Å². The Labute approximate surface area is 119 Å². The number of aryl methyl sites for hydroxylation is 1. The molecule has 1 saturated carbocycles. The lowest BCUT2D eigenvalue weighted by molar-refractivity contribution is 0.353. The molecular formula is C15H20ClN3. The van der Waals surface area contributed by atoms with Crippen molar-refractivity contribution in [1.29, 1.82) is 0 Å². The highest BCUT2D eigenvalue weighted by atomic mass is 35.5. The van der Waals surface area contributed by atoms with Crippen molar-refractivity contribution in [1.82, 2.24) is 14.5 Å². The van der Waals surface area contributed by atoms with Gasteiger partial charge in [-0.1, -0.05) is 13.8 Å². The van der Waals surface area contributed by atoms with Crippen molar-refractivity contribution in [2.45, 2.75) is 45.5 Å². The van der Waals surface area contributed by atoms with Crippen LogP contribution in [-0.2, 0) is 5.88 Å². The molecule has 0 radical (unpaired) electrons. The van der Waals surface area contributed by atoms with Crippen LogP contribution in [0.25, 0.3) is 11.2 Å². The number of imidazole rings is 1. The molecule has 4 heteroatoms. The second-order valence-corrected chi connectivity index (χ2v) is 6.08. The van der Waals surface area contributed by atoms with Crippen LogP contribution in [0.5, 0.6) is 0 Å². The minimum absolute atomic E-state index is 0.451. The Kier molecular flexibility index (Phi) is 3.25. The molecule has 2 aromatic rings.